The van der Waals surface area contributed by atoms with Crippen LogP contribution in [-0.2, 0) is 0 Å². The summed E-state index contributed by atoms with van der Waals surface area (Å²) in [5, 5.41) is 21.3. The van der Waals surface area contributed by atoms with Gasteiger partial charge in [0.1, 0.15) is 0 Å². The zero-order valence-electron chi connectivity index (χ0n) is 10.7. The summed E-state index contributed by atoms with van der Waals surface area (Å²) in [6, 6.07) is 4.42. The Morgan fingerprint density at radius 3 is 2.80 bits per heavy atom. The number of benzene rings is 1. The minimum atomic E-state index is -1.09. The fourth-order valence-electron chi connectivity index (χ4n) is 2.14. The molecule has 1 aliphatic heterocycles. The van der Waals surface area contributed by atoms with Crippen molar-refractivity contribution >= 4 is 40.3 Å². The lowest BCUT2D eigenvalue weighted by Gasteiger charge is -2.30. The van der Waals surface area contributed by atoms with Gasteiger partial charge in [-0.25, -0.2) is 9.59 Å². The number of hydrogen-bond donors (Lipinski definition) is 3. The summed E-state index contributed by atoms with van der Waals surface area (Å²) in [4.78, 5) is 24.8. The molecule has 1 aromatic carbocycles. The molecule has 0 radical (unpaired) electrons. The van der Waals surface area contributed by atoms with E-state index in [1.165, 1.54) is 11.0 Å². The average Bonchev–Trinajstić information content (AvgIpc) is 2.40. The van der Waals surface area contributed by atoms with Gasteiger partial charge in [-0.05, 0) is 53.6 Å². The Morgan fingerprint density at radius 2 is 2.15 bits per heavy atom. The summed E-state index contributed by atoms with van der Waals surface area (Å²) in [5.74, 6) is -1.09. The smallest absolute Gasteiger partial charge is 0.337 e. The van der Waals surface area contributed by atoms with Gasteiger partial charge in [-0.15, -0.1) is 0 Å². The van der Waals surface area contributed by atoms with E-state index in [0.29, 0.717) is 13.0 Å². The first-order valence-corrected chi connectivity index (χ1v) is 7.32. The Balaban J connectivity index is 2.13. The van der Waals surface area contributed by atoms with Crippen LogP contribution >= 0.6 is 22.6 Å². The monoisotopic (exact) mass is 390 g/mol. The van der Waals surface area contributed by atoms with Crippen molar-refractivity contribution in [1.82, 2.24) is 4.90 Å². The summed E-state index contributed by atoms with van der Waals surface area (Å²) < 4.78 is 0.784. The number of aliphatic hydroxyl groups excluding tert-OH is 1. The number of likely N-dealkylation sites (tertiary alicyclic amines) is 1. The third kappa shape index (κ3) is 3.60. The highest BCUT2D eigenvalue weighted by Crippen LogP contribution is 2.20. The Kier molecular flexibility index (Phi) is 4.81. The standard InChI is InChI=1S/C13H15IN2O4/c14-8-3-4-11(10(6-8)12(18)19)15-13(20)16-5-1-2-9(17)7-16/h3-4,6,9,17H,1-2,5,7H2,(H,15,20)(H,18,19). The molecule has 108 valence electrons. The molecule has 6 nitrogen and oxygen atoms in total. The van der Waals surface area contributed by atoms with E-state index < -0.39 is 12.1 Å². The van der Waals surface area contributed by atoms with Gasteiger partial charge in [0, 0.05) is 16.7 Å². The minimum absolute atomic E-state index is 0.0582. The molecule has 1 heterocycles. The van der Waals surface area contributed by atoms with Crippen LogP contribution in [-0.4, -0.2) is 46.3 Å². The van der Waals surface area contributed by atoms with E-state index in [1.807, 2.05) is 22.6 Å². The lowest BCUT2D eigenvalue weighted by Crippen LogP contribution is -2.44. The number of nitrogens with zero attached hydrogens (tertiary/aromatic N) is 1. The Hall–Kier alpha value is -1.35. The highest BCUT2D eigenvalue weighted by Gasteiger charge is 2.23. The number of nitrogens with one attached hydrogen (secondary N) is 1. The zero-order chi connectivity index (χ0) is 14.7. The number of β-amino-alcohol motifs (C(OH)–C–C–N with tert-alkyl or cyclic N) is 1. The molecule has 0 aromatic heterocycles. The average molecular weight is 390 g/mol. The summed E-state index contributed by atoms with van der Waals surface area (Å²) >= 11 is 2.02. The second-order valence-corrected chi connectivity index (χ2v) is 5.91. The molecular weight excluding hydrogens is 375 g/mol. The van der Waals surface area contributed by atoms with E-state index in [-0.39, 0.29) is 23.8 Å². The third-order valence-electron chi connectivity index (χ3n) is 3.14. The summed E-state index contributed by atoms with van der Waals surface area (Å²) in [5.41, 5.74) is 0.325. The highest BCUT2D eigenvalue weighted by molar-refractivity contribution is 14.1. The van der Waals surface area contributed by atoms with Gasteiger partial charge in [0.15, 0.2) is 0 Å². The van der Waals surface area contributed by atoms with Gasteiger partial charge in [-0.2, -0.15) is 0 Å². The largest absolute Gasteiger partial charge is 0.478 e. The van der Waals surface area contributed by atoms with E-state index in [2.05, 4.69) is 5.32 Å². The Labute approximate surface area is 129 Å². The van der Waals surface area contributed by atoms with E-state index in [0.717, 1.165) is 9.99 Å². The maximum atomic E-state index is 12.1. The van der Waals surface area contributed by atoms with Gasteiger partial charge in [-0.3, -0.25) is 0 Å². The zero-order valence-corrected chi connectivity index (χ0v) is 12.8. The van der Waals surface area contributed by atoms with Crippen LogP contribution in [0.5, 0.6) is 0 Å². The Bertz CT molecular complexity index is 535. The lowest BCUT2D eigenvalue weighted by atomic mass is 10.1. The molecule has 2 amide bonds. The number of aliphatic hydroxyl groups is 1. The topological polar surface area (TPSA) is 89.9 Å². The molecule has 1 fully saturated rings. The van der Waals surface area contributed by atoms with Crippen molar-refractivity contribution < 1.29 is 19.8 Å². The number of aromatic carboxylic acids is 1. The number of carbonyl (C=O) groups excluding carboxylic acids is 1. The molecule has 20 heavy (non-hydrogen) atoms. The number of halogens is 1. The molecule has 2 rings (SSSR count). The SMILES string of the molecule is O=C(O)c1cc(I)ccc1NC(=O)N1CCCC(O)C1. The number of hydrogen-bond acceptors (Lipinski definition) is 3. The number of carboxylic acids is 1. The van der Waals surface area contributed by atoms with Crippen LogP contribution in [0.15, 0.2) is 18.2 Å². The van der Waals surface area contributed by atoms with Crippen LogP contribution in [0.3, 0.4) is 0 Å². The first-order chi connectivity index (χ1) is 9.47. The van der Waals surface area contributed by atoms with Gasteiger partial charge in [0.25, 0.3) is 0 Å². The van der Waals surface area contributed by atoms with Gasteiger partial charge in [0.05, 0.1) is 17.4 Å². The number of amides is 2. The third-order valence-corrected chi connectivity index (χ3v) is 3.81. The van der Waals surface area contributed by atoms with Crippen molar-refractivity contribution in [1.29, 1.82) is 0 Å². The molecule has 1 unspecified atom stereocenters. The molecule has 1 aliphatic rings. The molecule has 3 N–H and O–H groups in total. The second-order valence-electron chi connectivity index (χ2n) is 4.67. The van der Waals surface area contributed by atoms with Crippen molar-refractivity contribution in [3.63, 3.8) is 0 Å². The van der Waals surface area contributed by atoms with Crippen LogP contribution in [0.4, 0.5) is 10.5 Å². The first-order valence-electron chi connectivity index (χ1n) is 6.24. The second kappa shape index (κ2) is 6.40. The number of carbonyl (C=O) groups is 2. The van der Waals surface area contributed by atoms with Gasteiger partial charge >= 0.3 is 12.0 Å². The van der Waals surface area contributed by atoms with E-state index >= 15 is 0 Å². The quantitative estimate of drug-likeness (QED) is 0.674. The minimum Gasteiger partial charge on any atom is -0.478 e. The van der Waals surface area contributed by atoms with Crippen molar-refractivity contribution in [2.24, 2.45) is 0 Å². The first kappa shape index (κ1) is 15.0. The molecule has 0 aliphatic carbocycles. The van der Waals surface area contributed by atoms with Crippen LogP contribution in [0, 0.1) is 3.57 Å². The van der Waals surface area contributed by atoms with Crippen molar-refractivity contribution in [2.75, 3.05) is 18.4 Å². The fraction of sp³-hybridized carbons (Fsp3) is 0.385. The van der Waals surface area contributed by atoms with Crippen LogP contribution < -0.4 is 5.32 Å². The van der Waals surface area contributed by atoms with Crippen molar-refractivity contribution in [3.05, 3.63) is 27.3 Å². The fourth-order valence-corrected chi connectivity index (χ4v) is 2.63. The van der Waals surface area contributed by atoms with Gasteiger partial charge < -0.3 is 20.4 Å². The predicted molar refractivity (Wildman–Crippen MR) is 82.0 cm³/mol. The van der Waals surface area contributed by atoms with Crippen LogP contribution in [0.1, 0.15) is 23.2 Å². The molecule has 0 bridgehead atoms. The number of carboxylic acid groups (broad SMARTS) is 1. The summed E-state index contributed by atoms with van der Waals surface area (Å²) in [7, 11) is 0. The maximum Gasteiger partial charge on any atom is 0.337 e. The molecule has 0 spiro atoms. The predicted octanol–water partition coefficient (Wildman–Crippen LogP) is 1.98. The summed E-state index contributed by atoms with van der Waals surface area (Å²) in [6.07, 6.45) is 0.922. The maximum absolute atomic E-state index is 12.1. The van der Waals surface area contributed by atoms with E-state index in [9.17, 15) is 14.7 Å². The number of rotatable bonds is 2. The summed E-state index contributed by atoms with van der Waals surface area (Å²) in [6.45, 7) is 0.842. The van der Waals surface area contributed by atoms with Crippen molar-refractivity contribution in [3.8, 4) is 0 Å². The van der Waals surface area contributed by atoms with Gasteiger partial charge in [0.2, 0.25) is 0 Å². The molecule has 1 saturated heterocycles. The number of anilines is 1. The van der Waals surface area contributed by atoms with E-state index in [4.69, 9.17) is 5.11 Å². The molecular formula is C13H15IN2O4. The van der Waals surface area contributed by atoms with Gasteiger partial charge in [-0.1, -0.05) is 0 Å². The molecule has 1 aromatic rings. The normalized spacial score (nSPS) is 18.7. The lowest BCUT2D eigenvalue weighted by molar-refractivity contribution is 0.0697. The van der Waals surface area contributed by atoms with Crippen molar-refractivity contribution in [2.45, 2.75) is 18.9 Å². The molecule has 7 heteroatoms. The van der Waals surface area contributed by atoms with Crippen LogP contribution in [0.2, 0.25) is 0 Å². The number of urea groups is 1. The Morgan fingerprint density at radius 1 is 1.40 bits per heavy atom. The van der Waals surface area contributed by atoms with E-state index in [1.54, 1.807) is 12.1 Å². The van der Waals surface area contributed by atoms with Crippen LogP contribution in [0.25, 0.3) is 0 Å². The molecule has 0 saturated carbocycles. The number of piperidine rings is 1. The highest BCUT2D eigenvalue weighted by atomic mass is 127. The molecule has 1 atom stereocenters.